The van der Waals surface area contributed by atoms with Crippen LogP contribution in [0.15, 0.2) is 18.3 Å². The zero-order valence-corrected chi connectivity index (χ0v) is 17.0. The number of rotatable bonds is 7. The monoisotopic (exact) mass is 374 g/mol. The summed E-state index contributed by atoms with van der Waals surface area (Å²) in [5.74, 6) is 0.239. The van der Waals surface area contributed by atoms with E-state index in [4.69, 9.17) is 0 Å². The summed E-state index contributed by atoms with van der Waals surface area (Å²) in [6.07, 6.45) is 8.39. The fourth-order valence-corrected chi connectivity index (χ4v) is 4.35. The smallest absolute Gasteiger partial charge is 0.271 e. The number of carbonyl (C=O) groups is 2. The van der Waals surface area contributed by atoms with E-state index in [0.29, 0.717) is 37.3 Å². The van der Waals surface area contributed by atoms with Crippen molar-refractivity contribution in [3.05, 3.63) is 24.0 Å². The summed E-state index contributed by atoms with van der Waals surface area (Å²) >= 11 is 0. The Bertz CT molecular complexity index is 648. The van der Waals surface area contributed by atoms with Gasteiger partial charge in [-0.15, -0.1) is 0 Å². The lowest BCUT2D eigenvalue weighted by molar-refractivity contribution is -0.126. The highest BCUT2D eigenvalue weighted by molar-refractivity contribution is 5.97. The highest BCUT2D eigenvalue weighted by atomic mass is 16.2. The topological polar surface area (TPSA) is 57.6 Å². The molecule has 2 heterocycles. The van der Waals surface area contributed by atoms with Gasteiger partial charge in [0.2, 0.25) is 5.91 Å². The van der Waals surface area contributed by atoms with Gasteiger partial charge in [0.05, 0.1) is 6.54 Å². The third kappa shape index (κ3) is 4.72. The summed E-state index contributed by atoms with van der Waals surface area (Å²) < 4.78 is 1.90. The van der Waals surface area contributed by atoms with Gasteiger partial charge >= 0.3 is 0 Å². The van der Waals surface area contributed by atoms with E-state index in [0.717, 1.165) is 6.54 Å². The molecule has 6 nitrogen and oxygen atoms in total. The van der Waals surface area contributed by atoms with Crippen LogP contribution in [0.1, 0.15) is 56.4 Å². The molecule has 2 amide bonds. The second kappa shape index (κ2) is 8.91. The van der Waals surface area contributed by atoms with Crippen LogP contribution in [0, 0.1) is 5.92 Å². The third-order valence-electron chi connectivity index (χ3n) is 5.88. The summed E-state index contributed by atoms with van der Waals surface area (Å²) in [6, 6.07) is 3.93. The summed E-state index contributed by atoms with van der Waals surface area (Å²) in [4.78, 5) is 29.8. The van der Waals surface area contributed by atoms with E-state index in [1.54, 1.807) is 4.90 Å². The minimum atomic E-state index is -0.431. The van der Waals surface area contributed by atoms with Gasteiger partial charge in [0.1, 0.15) is 11.7 Å². The number of aromatic nitrogens is 1. The van der Waals surface area contributed by atoms with Gasteiger partial charge < -0.3 is 19.7 Å². The predicted molar refractivity (Wildman–Crippen MR) is 107 cm³/mol. The molecule has 0 saturated heterocycles. The van der Waals surface area contributed by atoms with Crippen molar-refractivity contribution >= 4 is 11.8 Å². The molecular weight excluding hydrogens is 340 g/mol. The van der Waals surface area contributed by atoms with E-state index < -0.39 is 6.04 Å². The van der Waals surface area contributed by atoms with Crippen molar-refractivity contribution in [1.29, 1.82) is 0 Å². The van der Waals surface area contributed by atoms with Crippen molar-refractivity contribution in [3.8, 4) is 0 Å². The molecule has 150 valence electrons. The van der Waals surface area contributed by atoms with Crippen LogP contribution in [-0.4, -0.2) is 64.9 Å². The van der Waals surface area contributed by atoms with Gasteiger partial charge in [-0.2, -0.15) is 0 Å². The Morgan fingerprint density at radius 2 is 2.04 bits per heavy atom. The zero-order chi connectivity index (χ0) is 19.4. The molecule has 1 fully saturated rings. The maximum atomic E-state index is 12.9. The molecule has 27 heavy (non-hydrogen) atoms. The molecule has 0 aromatic carbocycles. The van der Waals surface area contributed by atoms with Gasteiger partial charge in [-0.25, -0.2) is 0 Å². The van der Waals surface area contributed by atoms with Gasteiger partial charge in [-0.05, 0) is 37.9 Å². The molecule has 0 bridgehead atoms. The summed E-state index contributed by atoms with van der Waals surface area (Å²) in [6.45, 7) is 6.78. The molecule has 1 aromatic heterocycles. The van der Waals surface area contributed by atoms with E-state index in [-0.39, 0.29) is 11.8 Å². The van der Waals surface area contributed by atoms with Gasteiger partial charge in [0.25, 0.3) is 5.91 Å². The van der Waals surface area contributed by atoms with Crippen molar-refractivity contribution in [3.63, 3.8) is 0 Å². The van der Waals surface area contributed by atoms with E-state index >= 15 is 0 Å². The third-order valence-corrected chi connectivity index (χ3v) is 5.88. The molecule has 1 saturated carbocycles. The SMILES string of the molecule is CC(C)CN1C(=O)c2cccn2CC1C(=O)NCCN(C)C1CCCCC1. The second-order valence-corrected chi connectivity index (χ2v) is 8.48. The maximum Gasteiger partial charge on any atom is 0.271 e. The van der Waals surface area contributed by atoms with Crippen LogP contribution < -0.4 is 5.32 Å². The summed E-state index contributed by atoms with van der Waals surface area (Å²) in [5.41, 5.74) is 0.678. The number of nitrogens with zero attached hydrogens (tertiary/aromatic N) is 3. The van der Waals surface area contributed by atoms with Gasteiger partial charge in [-0.3, -0.25) is 9.59 Å². The Morgan fingerprint density at radius 1 is 1.30 bits per heavy atom. The highest BCUT2D eigenvalue weighted by Gasteiger charge is 2.36. The largest absolute Gasteiger partial charge is 0.353 e. The Labute approximate surface area is 162 Å². The van der Waals surface area contributed by atoms with Crippen LogP contribution in [0.4, 0.5) is 0 Å². The lowest BCUT2D eigenvalue weighted by atomic mass is 9.94. The van der Waals surface area contributed by atoms with Crippen molar-refractivity contribution < 1.29 is 9.59 Å². The Balaban J connectivity index is 1.57. The molecule has 6 heteroatoms. The number of likely N-dealkylation sites (N-methyl/N-ethyl adjacent to an activating group) is 1. The van der Waals surface area contributed by atoms with E-state index in [2.05, 4.69) is 31.1 Å². The van der Waals surface area contributed by atoms with Crippen LogP contribution >= 0.6 is 0 Å². The molecule has 1 aliphatic heterocycles. The van der Waals surface area contributed by atoms with Crippen LogP contribution in [0.2, 0.25) is 0 Å². The van der Waals surface area contributed by atoms with Gasteiger partial charge in [-0.1, -0.05) is 33.1 Å². The maximum absolute atomic E-state index is 12.9. The fourth-order valence-electron chi connectivity index (χ4n) is 4.35. The van der Waals surface area contributed by atoms with Crippen molar-refractivity contribution in [1.82, 2.24) is 19.7 Å². The van der Waals surface area contributed by atoms with E-state index in [9.17, 15) is 9.59 Å². The number of nitrogens with one attached hydrogen (secondary N) is 1. The quantitative estimate of drug-likeness (QED) is 0.797. The average molecular weight is 375 g/mol. The van der Waals surface area contributed by atoms with Crippen LogP contribution in [0.5, 0.6) is 0 Å². The number of fused-ring (bicyclic) bond motifs is 1. The molecule has 1 aromatic rings. The number of amides is 2. The first-order chi connectivity index (χ1) is 13.0. The van der Waals surface area contributed by atoms with E-state index in [1.165, 1.54) is 32.1 Å². The van der Waals surface area contributed by atoms with Crippen molar-refractivity contribution in [2.45, 2.75) is 64.6 Å². The molecule has 0 spiro atoms. The molecular formula is C21H34N4O2. The first kappa shape index (κ1) is 19.9. The number of hydrogen-bond acceptors (Lipinski definition) is 3. The molecule has 1 atom stereocenters. The van der Waals surface area contributed by atoms with Crippen LogP contribution in [0.25, 0.3) is 0 Å². The molecule has 1 N–H and O–H groups in total. The second-order valence-electron chi connectivity index (χ2n) is 8.48. The van der Waals surface area contributed by atoms with Gasteiger partial charge in [0, 0.05) is 31.9 Å². The average Bonchev–Trinajstić information content (AvgIpc) is 3.13. The fraction of sp³-hybridized carbons (Fsp3) is 0.714. The normalized spacial score (nSPS) is 21.0. The lowest BCUT2D eigenvalue weighted by Gasteiger charge is -2.37. The van der Waals surface area contributed by atoms with Crippen LogP contribution in [-0.2, 0) is 11.3 Å². The summed E-state index contributed by atoms with van der Waals surface area (Å²) in [7, 11) is 2.16. The van der Waals surface area contributed by atoms with Gasteiger partial charge in [0.15, 0.2) is 0 Å². The first-order valence-corrected chi connectivity index (χ1v) is 10.4. The Morgan fingerprint density at radius 3 is 2.74 bits per heavy atom. The zero-order valence-electron chi connectivity index (χ0n) is 17.0. The Hall–Kier alpha value is -1.82. The van der Waals surface area contributed by atoms with Crippen molar-refractivity contribution in [2.75, 3.05) is 26.7 Å². The van der Waals surface area contributed by atoms with Crippen LogP contribution in [0.3, 0.4) is 0 Å². The highest BCUT2D eigenvalue weighted by Crippen LogP contribution is 2.22. The number of hydrogen-bond donors (Lipinski definition) is 1. The molecule has 1 unspecified atom stereocenters. The minimum Gasteiger partial charge on any atom is -0.353 e. The lowest BCUT2D eigenvalue weighted by Crippen LogP contribution is -2.56. The molecule has 0 radical (unpaired) electrons. The first-order valence-electron chi connectivity index (χ1n) is 10.4. The molecule has 1 aliphatic carbocycles. The molecule has 2 aliphatic rings. The number of carbonyl (C=O) groups excluding carboxylic acids is 2. The summed E-state index contributed by atoms with van der Waals surface area (Å²) in [5, 5.41) is 3.08. The van der Waals surface area contributed by atoms with Crippen molar-refractivity contribution in [2.24, 2.45) is 5.92 Å². The standard InChI is InChI=1S/C21H34N4O2/c1-16(2)14-25-19(15-24-12-7-10-18(24)21(25)27)20(26)22-11-13-23(3)17-8-5-4-6-9-17/h7,10,12,16-17,19H,4-6,8-9,11,13-15H2,1-3H3,(H,22,26). The van der Waals surface area contributed by atoms with E-state index in [1.807, 2.05) is 22.9 Å². The minimum absolute atomic E-state index is 0.0413. The molecule has 3 rings (SSSR count). The Kier molecular flexibility index (Phi) is 6.58. The predicted octanol–water partition coefficient (Wildman–Crippen LogP) is 2.35.